The zero-order chi connectivity index (χ0) is 24.4. The van der Waals surface area contributed by atoms with Crippen LogP contribution in [0.3, 0.4) is 0 Å². The van der Waals surface area contributed by atoms with Crippen molar-refractivity contribution in [2.45, 2.75) is 19.4 Å². The van der Waals surface area contributed by atoms with E-state index in [0.29, 0.717) is 33.9 Å². The molecule has 10 heteroatoms. The van der Waals surface area contributed by atoms with Gasteiger partial charge in [0.25, 0.3) is 5.91 Å². The third kappa shape index (κ3) is 4.66. The molecule has 1 heterocycles. The molecular formula is C24H23N5O5. The molecule has 0 aliphatic carbocycles. The number of nitrogens with two attached hydrogens (primary N) is 1. The molecule has 1 unspecified atom stereocenters. The minimum absolute atomic E-state index is 0.128. The van der Waals surface area contributed by atoms with Crippen LogP contribution in [0.5, 0.6) is 5.75 Å². The monoisotopic (exact) mass is 461 g/mol. The maximum atomic E-state index is 12.9. The van der Waals surface area contributed by atoms with Crippen LogP contribution in [-0.4, -0.2) is 29.9 Å². The highest BCUT2D eigenvalue weighted by atomic mass is 16.6. The summed E-state index contributed by atoms with van der Waals surface area (Å²) in [7, 11) is 1.37. The Morgan fingerprint density at radius 2 is 1.79 bits per heavy atom. The van der Waals surface area contributed by atoms with Crippen molar-refractivity contribution in [1.82, 2.24) is 0 Å². The second-order valence-corrected chi connectivity index (χ2v) is 7.97. The van der Waals surface area contributed by atoms with E-state index in [9.17, 15) is 19.7 Å². The van der Waals surface area contributed by atoms with E-state index in [2.05, 4.69) is 16.0 Å². The number of methoxy groups -OCH3 is 1. The van der Waals surface area contributed by atoms with Crippen molar-refractivity contribution in [3.63, 3.8) is 0 Å². The van der Waals surface area contributed by atoms with E-state index in [-0.39, 0.29) is 35.7 Å². The Morgan fingerprint density at radius 3 is 2.50 bits per heavy atom. The lowest BCUT2D eigenvalue weighted by molar-refractivity contribution is -0.385. The molecule has 1 aliphatic rings. The van der Waals surface area contributed by atoms with Gasteiger partial charge in [-0.15, -0.1) is 0 Å². The summed E-state index contributed by atoms with van der Waals surface area (Å²) in [6.07, 6.45) is 0.184. The largest absolute Gasteiger partial charge is 0.490 e. The lowest BCUT2D eigenvalue weighted by Crippen LogP contribution is -2.24. The fourth-order valence-electron chi connectivity index (χ4n) is 3.71. The number of amides is 2. The average Bonchev–Trinajstić information content (AvgIpc) is 2.92. The molecule has 0 aromatic heterocycles. The first-order chi connectivity index (χ1) is 16.2. The van der Waals surface area contributed by atoms with Crippen LogP contribution in [0, 0.1) is 10.1 Å². The molecule has 5 N–H and O–H groups in total. The lowest BCUT2D eigenvalue weighted by atomic mass is 10.0. The highest BCUT2D eigenvalue weighted by molar-refractivity contribution is 6.13. The molecule has 1 aliphatic heterocycles. The molecule has 3 aromatic rings. The third-order valence-corrected chi connectivity index (χ3v) is 5.30. The fraction of sp³-hybridized carbons (Fsp3) is 0.167. The maximum absolute atomic E-state index is 12.9. The zero-order valence-electron chi connectivity index (χ0n) is 18.5. The van der Waals surface area contributed by atoms with Crippen molar-refractivity contribution in [3.8, 4) is 16.9 Å². The number of carbonyl (C=O) groups excluding carboxylic acids is 2. The predicted molar refractivity (Wildman–Crippen MR) is 130 cm³/mol. The van der Waals surface area contributed by atoms with E-state index < -0.39 is 4.92 Å². The van der Waals surface area contributed by atoms with Crippen LogP contribution in [0.1, 0.15) is 23.7 Å². The van der Waals surface area contributed by atoms with E-state index in [1.807, 2.05) is 0 Å². The van der Waals surface area contributed by atoms with Gasteiger partial charge in [0.1, 0.15) is 0 Å². The molecule has 0 saturated carbocycles. The summed E-state index contributed by atoms with van der Waals surface area (Å²) < 4.78 is 5.17. The quantitative estimate of drug-likeness (QED) is 0.317. The average molecular weight is 461 g/mol. The molecule has 10 nitrogen and oxygen atoms in total. The number of fused-ring (bicyclic) bond motifs is 2. The normalized spacial score (nSPS) is 12.9. The van der Waals surface area contributed by atoms with Gasteiger partial charge in [-0.3, -0.25) is 19.7 Å². The van der Waals surface area contributed by atoms with Crippen LogP contribution in [0.15, 0.2) is 54.6 Å². The van der Waals surface area contributed by atoms with Crippen molar-refractivity contribution in [2.75, 3.05) is 23.1 Å². The number of nitrogens with one attached hydrogen (secondary N) is 3. The number of carbonyl (C=O) groups is 2. The van der Waals surface area contributed by atoms with Gasteiger partial charge in [0, 0.05) is 24.2 Å². The van der Waals surface area contributed by atoms with Gasteiger partial charge in [-0.1, -0.05) is 6.07 Å². The van der Waals surface area contributed by atoms with Gasteiger partial charge in [-0.05, 0) is 60.5 Å². The molecule has 0 spiro atoms. The molecule has 174 valence electrons. The third-order valence-electron chi connectivity index (χ3n) is 5.30. The molecule has 2 amide bonds. The zero-order valence-corrected chi connectivity index (χ0v) is 18.5. The van der Waals surface area contributed by atoms with Gasteiger partial charge in [-0.2, -0.15) is 0 Å². The van der Waals surface area contributed by atoms with Crippen molar-refractivity contribution < 1.29 is 19.2 Å². The summed E-state index contributed by atoms with van der Waals surface area (Å²) in [6, 6.07) is 14.7. The molecule has 34 heavy (non-hydrogen) atoms. The van der Waals surface area contributed by atoms with E-state index in [1.54, 1.807) is 55.5 Å². The van der Waals surface area contributed by atoms with Gasteiger partial charge in [-0.25, -0.2) is 0 Å². The number of nitrogens with zero attached hydrogens (tertiary/aromatic N) is 1. The van der Waals surface area contributed by atoms with E-state index in [4.69, 9.17) is 10.5 Å². The summed E-state index contributed by atoms with van der Waals surface area (Å²) in [5, 5.41) is 20.1. The molecule has 1 atom stereocenters. The Morgan fingerprint density at radius 1 is 1.06 bits per heavy atom. The van der Waals surface area contributed by atoms with Crippen LogP contribution in [-0.2, 0) is 4.79 Å². The van der Waals surface area contributed by atoms with Gasteiger partial charge in [0.15, 0.2) is 5.75 Å². The van der Waals surface area contributed by atoms with E-state index >= 15 is 0 Å². The van der Waals surface area contributed by atoms with Crippen molar-refractivity contribution in [1.29, 1.82) is 0 Å². The molecule has 4 rings (SSSR count). The van der Waals surface area contributed by atoms with E-state index in [0.717, 1.165) is 5.56 Å². The Balaban J connectivity index is 1.65. The molecule has 0 radical (unpaired) electrons. The van der Waals surface area contributed by atoms with Crippen molar-refractivity contribution >= 4 is 40.3 Å². The SMILES string of the molecule is COc1cc(-c2ccc3c(c2)Nc2ccc(NC(=O)CC(C)N)cc2NC3=O)ccc1[N+](=O)[O-]. The highest BCUT2D eigenvalue weighted by Crippen LogP contribution is 2.37. The van der Waals surface area contributed by atoms with Crippen LogP contribution < -0.4 is 26.4 Å². The van der Waals surface area contributed by atoms with Crippen LogP contribution in [0.25, 0.3) is 11.1 Å². The topological polar surface area (TPSA) is 149 Å². The smallest absolute Gasteiger partial charge is 0.310 e. The van der Waals surface area contributed by atoms with Crippen molar-refractivity contribution in [3.05, 3.63) is 70.3 Å². The van der Waals surface area contributed by atoms with Gasteiger partial charge in [0.2, 0.25) is 5.91 Å². The second-order valence-electron chi connectivity index (χ2n) is 7.97. The fourth-order valence-corrected chi connectivity index (χ4v) is 3.71. The standard InChI is InChI=1S/C24H23N5O5/c1-13(25)9-23(30)26-16-5-7-18-20(12-16)28-24(31)17-6-3-14(10-19(17)27-18)15-4-8-21(29(32)33)22(11-15)34-2/h3-8,10-13,27H,9,25H2,1-2H3,(H,26,30)(H,28,31). The number of hydrogen-bond donors (Lipinski definition) is 4. The van der Waals surface area contributed by atoms with Gasteiger partial charge < -0.3 is 26.4 Å². The lowest BCUT2D eigenvalue weighted by Gasteiger charge is -2.13. The molecule has 3 aromatic carbocycles. The van der Waals surface area contributed by atoms with Crippen molar-refractivity contribution in [2.24, 2.45) is 5.73 Å². The highest BCUT2D eigenvalue weighted by Gasteiger charge is 2.21. The first-order valence-corrected chi connectivity index (χ1v) is 10.5. The van der Waals surface area contributed by atoms with Crippen LogP contribution >= 0.6 is 0 Å². The summed E-state index contributed by atoms with van der Waals surface area (Å²) in [4.78, 5) is 35.6. The number of nitro benzene ring substituents is 1. The summed E-state index contributed by atoms with van der Waals surface area (Å²) >= 11 is 0. The first-order valence-electron chi connectivity index (χ1n) is 10.5. The predicted octanol–water partition coefficient (Wildman–Crippen LogP) is 4.26. The molecule has 0 bridgehead atoms. The Labute approximate surface area is 195 Å². The number of rotatable bonds is 6. The van der Waals surface area contributed by atoms with Gasteiger partial charge >= 0.3 is 5.69 Å². The Bertz CT molecular complexity index is 1300. The number of ether oxygens (including phenoxy) is 1. The molecule has 0 fully saturated rings. The summed E-state index contributed by atoms with van der Waals surface area (Å²) in [6.45, 7) is 1.75. The Hall–Kier alpha value is -4.44. The molecular weight excluding hydrogens is 438 g/mol. The van der Waals surface area contributed by atoms with E-state index in [1.165, 1.54) is 13.2 Å². The second kappa shape index (κ2) is 9.20. The maximum Gasteiger partial charge on any atom is 0.310 e. The van der Waals surface area contributed by atoms with Crippen LogP contribution in [0.4, 0.5) is 28.4 Å². The number of hydrogen-bond acceptors (Lipinski definition) is 7. The number of benzene rings is 3. The summed E-state index contributed by atoms with van der Waals surface area (Å²) in [5.74, 6) is -0.380. The number of nitro groups is 1. The Kier molecular flexibility index (Phi) is 6.15. The minimum atomic E-state index is -0.504. The summed E-state index contributed by atoms with van der Waals surface area (Å²) in [5.41, 5.74) is 9.68. The number of anilines is 4. The van der Waals surface area contributed by atoms with Crippen LogP contribution in [0.2, 0.25) is 0 Å². The van der Waals surface area contributed by atoms with Gasteiger partial charge in [0.05, 0.1) is 34.7 Å². The minimum Gasteiger partial charge on any atom is -0.490 e. The molecule has 0 saturated heterocycles. The first kappa shape index (κ1) is 22.7.